The molecule has 154 valence electrons. The first-order chi connectivity index (χ1) is 14.0. The van der Waals surface area contributed by atoms with Crippen LogP contribution in [0.25, 0.3) is 0 Å². The molecule has 0 aliphatic carbocycles. The summed E-state index contributed by atoms with van der Waals surface area (Å²) in [7, 11) is 3.91. The minimum Gasteiger partial charge on any atom is -0.454 e. The van der Waals surface area contributed by atoms with Gasteiger partial charge in [0.15, 0.2) is 17.2 Å². The van der Waals surface area contributed by atoms with Gasteiger partial charge in [0, 0.05) is 25.2 Å². The number of hydrogen-bond donors (Lipinski definition) is 2. The summed E-state index contributed by atoms with van der Waals surface area (Å²) in [6, 6.07) is 5.56. The normalized spacial score (nSPS) is 14.8. The van der Waals surface area contributed by atoms with Crippen LogP contribution in [0.2, 0.25) is 0 Å². The van der Waals surface area contributed by atoms with Crippen molar-refractivity contribution < 1.29 is 19.1 Å². The van der Waals surface area contributed by atoms with Crippen LogP contribution >= 0.6 is 0 Å². The third-order valence-electron chi connectivity index (χ3n) is 5.14. The second kappa shape index (κ2) is 8.12. The van der Waals surface area contributed by atoms with E-state index in [4.69, 9.17) is 9.47 Å². The van der Waals surface area contributed by atoms with E-state index in [1.54, 1.807) is 4.90 Å². The predicted octanol–water partition coefficient (Wildman–Crippen LogP) is 0.557. The van der Waals surface area contributed by atoms with Crippen molar-refractivity contribution in [3.05, 3.63) is 40.7 Å². The highest BCUT2D eigenvalue weighted by Gasteiger charge is 2.27. The van der Waals surface area contributed by atoms with Crippen molar-refractivity contribution in [3.63, 3.8) is 0 Å². The zero-order chi connectivity index (χ0) is 20.4. The molecular weight excluding hydrogens is 374 g/mol. The fourth-order valence-corrected chi connectivity index (χ4v) is 3.53. The molecule has 0 radical (unpaired) electrons. The minimum atomic E-state index is -0.176. The van der Waals surface area contributed by atoms with Crippen molar-refractivity contribution in [1.82, 2.24) is 25.3 Å². The van der Waals surface area contributed by atoms with Crippen molar-refractivity contribution in [1.29, 1.82) is 0 Å². The van der Waals surface area contributed by atoms with Gasteiger partial charge in [-0.05, 0) is 38.2 Å². The third kappa shape index (κ3) is 4.19. The summed E-state index contributed by atoms with van der Waals surface area (Å²) >= 11 is 0. The van der Waals surface area contributed by atoms with Crippen LogP contribution in [-0.2, 0) is 24.2 Å². The summed E-state index contributed by atoms with van der Waals surface area (Å²) in [5.74, 6) is 1.23. The van der Waals surface area contributed by atoms with Crippen LogP contribution in [0.3, 0.4) is 0 Å². The summed E-state index contributed by atoms with van der Waals surface area (Å²) in [5.41, 5.74) is 3.05. The molecular formula is C20H25N5O4. The van der Waals surface area contributed by atoms with Gasteiger partial charge in [-0.3, -0.25) is 14.7 Å². The van der Waals surface area contributed by atoms with Crippen LogP contribution < -0.4 is 14.8 Å². The number of benzene rings is 1. The van der Waals surface area contributed by atoms with Gasteiger partial charge in [-0.1, -0.05) is 6.07 Å². The standard InChI is InChI=1S/C20H25N5O4/c1-24(2)8-6-21-20(27)19-14-5-7-25(11-15(14)22-23-19)18(26)10-13-3-4-16-17(9-13)29-12-28-16/h3-4,9H,5-8,10-12H2,1-2H3,(H,21,27)(H,22,23). The number of likely N-dealkylation sites (N-methyl/N-ethyl adjacent to an activating group) is 1. The number of H-pyrrole nitrogens is 1. The van der Waals surface area contributed by atoms with E-state index in [1.807, 2.05) is 37.2 Å². The molecule has 4 rings (SSSR count). The van der Waals surface area contributed by atoms with Crippen molar-refractivity contribution in [2.24, 2.45) is 0 Å². The summed E-state index contributed by atoms with van der Waals surface area (Å²) in [6.07, 6.45) is 0.896. The Morgan fingerprint density at radius 1 is 1.28 bits per heavy atom. The van der Waals surface area contributed by atoms with Crippen LogP contribution in [0, 0.1) is 0 Å². The lowest BCUT2D eigenvalue weighted by molar-refractivity contribution is -0.131. The van der Waals surface area contributed by atoms with Crippen LogP contribution in [-0.4, -0.2) is 72.3 Å². The Labute approximate surface area is 169 Å². The van der Waals surface area contributed by atoms with Gasteiger partial charge in [0.25, 0.3) is 5.91 Å². The van der Waals surface area contributed by atoms with Gasteiger partial charge >= 0.3 is 0 Å². The van der Waals surface area contributed by atoms with Gasteiger partial charge in [-0.2, -0.15) is 5.10 Å². The zero-order valence-corrected chi connectivity index (χ0v) is 16.7. The fraction of sp³-hybridized carbons (Fsp3) is 0.450. The Balaban J connectivity index is 1.37. The Kier molecular flexibility index (Phi) is 5.39. The Morgan fingerprint density at radius 3 is 2.93 bits per heavy atom. The summed E-state index contributed by atoms with van der Waals surface area (Å²) in [6.45, 7) is 2.53. The average Bonchev–Trinajstić information content (AvgIpc) is 3.33. The molecule has 1 aromatic carbocycles. The molecule has 0 fully saturated rings. The minimum absolute atomic E-state index is 0.0288. The summed E-state index contributed by atoms with van der Waals surface area (Å²) in [5, 5.41) is 10.0. The Morgan fingerprint density at radius 2 is 2.10 bits per heavy atom. The molecule has 0 spiro atoms. The Hall–Kier alpha value is -3.07. The highest BCUT2D eigenvalue weighted by Crippen LogP contribution is 2.32. The smallest absolute Gasteiger partial charge is 0.272 e. The maximum absolute atomic E-state index is 12.8. The lowest BCUT2D eigenvalue weighted by atomic mass is 10.0. The van der Waals surface area contributed by atoms with Crippen molar-refractivity contribution in [2.75, 3.05) is 40.5 Å². The number of hydrogen-bond acceptors (Lipinski definition) is 6. The van der Waals surface area contributed by atoms with E-state index < -0.39 is 0 Å². The molecule has 3 heterocycles. The monoisotopic (exact) mass is 399 g/mol. The highest BCUT2D eigenvalue weighted by atomic mass is 16.7. The predicted molar refractivity (Wildman–Crippen MR) is 105 cm³/mol. The highest BCUT2D eigenvalue weighted by molar-refractivity contribution is 5.94. The van der Waals surface area contributed by atoms with E-state index in [1.165, 1.54) is 0 Å². The SMILES string of the molecule is CN(C)CCNC(=O)c1n[nH]c2c1CCN(C(=O)Cc1ccc3c(c1)OCO3)C2. The molecule has 0 saturated heterocycles. The van der Waals surface area contributed by atoms with Crippen LogP contribution in [0.5, 0.6) is 11.5 Å². The van der Waals surface area contributed by atoms with Gasteiger partial charge in [-0.15, -0.1) is 0 Å². The molecule has 2 amide bonds. The van der Waals surface area contributed by atoms with Gasteiger partial charge in [0.1, 0.15) is 0 Å². The maximum Gasteiger partial charge on any atom is 0.272 e. The first-order valence-corrected chi connectivity index (χ1v) is 9.66. The average molecular weight is 399 g/mol. The molecule has 0 saturated carbocycles. The van der Waals surface area contributed by atoms with Gasteiger partial charge in [0.05, 0.1) is 18.7 Å². The second-order valence-electron chi connectivity index (χ2n) is 7.52. The summed E-state index contributed by atoms with van der Waals surface area (Å²) in [4.78, 5) is 28.9. The molecule has 29 heavy (non-hydrogen) atoms. The molecule has 2 N–H and O–H groups in total. The number of nitrogens with one attached hydrogen (secondary N) is 2. The molecule has 9 heteroatoms. The lowest BCUT2D eigenvalue weighted by Gasteiger charge is -2.27. The Bertz CT molecular complexity index is 924. The summed E-state index contributed by atoms with van der Waals surface area (Å²) < 4.78 is 10.7. The first-order valence-electron chi connectivity index (χ1n) is 9.66. The number of aromatic nitrogens is 2. The number of rotatable bonds is 6. The maximum atomic E-state index is 12.8. The zero-order valence-electron chi connectivity index (χ0n) is 16.7. The molecule has 0 bridgehead atoms. The van der Waals surface area contributed by atoms with E-state index >= 15 is 0 Å². The van der Waals surface area contributed by atoms with Crippen molar-refractivity contribution >= 4 is 11.8 Å². The molecule has 0 atom stereocenters. The van der Waals surface area contributed by atoms with E-state index in [0.29, 0.717) is 43.2 Å². The quantitative estimate of drug-likeness (QED) is 0.736. The van der Waals surface area contributed by atoms with Gasteiger partial charge in [0.2, 0.25) is 12.7 Å². The van der Waals surface area contributed by atoms with E-state index in [0.717, 1.165) is 23.4 Å². The number of carbonyl (C=O) groups is 2. The van der Waals surface area contributed by atoms with Crippen LogP contribution in [0.4, 0.5) is 0 Å². The van der Waals surface area contributed by atoms with Crippen molar-refractivity contribution in [2.45, 2.75) is 19.4 Å². The number of nitrogens with zero attached hydrogens (tertiary/aromatic N) is 3. The van der Waals surface area contributed by atoms with Crippen LogP contribution in [0.15, 0.2) is 18.2 Å². The fourth-order valence-electron chi connectivity index (χ4n) is 3.53. The molecule has 2 aliphatic rings. The lowest BCUT2D eigenvalue weighted by Crippen LogP contribution is -2.37. The second-order valence-corrected chi connectivity index (χ2v) is 7.52. The van der Waals surface area contributed by atoms with E-state index in [9.17, 15) is 9.59 Å². The molecule has 0 unspecified atom stereocenters. The topological polar surface area (TPSA) is 99.8 Å². The number of ether oxygens (including phenoxy) is 2. The van der Waals surface area contributed by atoms with Gasteiger partial charge < -0.3 is 24.6 Å². The number of amides is 2. The van der Waals surface area contributed by atoms with Crippen molar-refractivity contribution in [3.8, 4) is 11.5 Å². The largest absolute Gasteiger partial charge is 0.454 e. The number of aromatic amines is 1. The third-order valence-corrected chi connectivity index (χ3v) is 5.14. The first kappa shape index (κ1) is 19.3. The molecule has 2 aliphatic heterocycles. The molecule has 2 aromatic rings. The van der Waals surface area contributed by atoms with Gasteiger partial charge in [-0.25, -0.2) is 0 Å². The van der Waals surface area contributed by atoms with E-state index in [-0.39, 0.29) is 25.0 Å². The molecule has 1 aromatic heterocycles. The number of fused-ring (bicyclic) bond motifs is 2. The number of carbonyl (C=O) groups excluding carboxylic acids is 2. The van der Waals surface area contributed by atoms with Crippen LogP contribution in [0.1, 0.15) is 27.3 Å². The van der Waals surface area contributed by atoms with E-state index in [2.05, 4.69) is 15.5 Å². The molecule has 9 nitrogen and oxygen atoms in total.